The van der Waals surface area contributed by atoms with Crippen molar-refractivity contribution in [3.8, 4) is 0 Å². The highest BCUT2D eigenvalue weighted by atomic mass is 31.2. The average Bonchev–Trinajstić information content (AvgIpc) is 3.19. The molecule has 56 heavy (non-hydrogen) atoms. The molecule has 0 aromatic carbocycles. The molecule has 3 N–H and O–H groups in total. The number of unbranched alkanes of at least 4 members (excludes halogenated alkanes) is 31. The van der Waals surface area contributed by atoms with Crippen LogP contribution in [0.2, 0.25) is 0 Å². The van der Waals surface area contributed by atoms with Gasteiger partial charge in [0.15, 0.2) is 6.10 Å². The monoisotopic (exact) mass is 821 g/mol. The van der Waals surface area contributed by atoms with Crippen LogP contribution in [0.25, 0.3) is 0 Å². The van der Waals surface area contributed by atoms with Crippen molar-refractivity contribution in [2.45, 2.75) is 251 Å². The molecule has 0 heterocycles. The van der Waals surface area contributed by atoms with Crippen molar-refractivity contribution in [1.82, 2.24) is 0 Å². The number of ether oxygens (including phenoxy) is 2. The molecule has 0 amide bonds. The Labute approximate surface area is 344 Å². The van der Waals surface area contributed by atoms with Gasteiger partial charge in [-0.3, -0.25) is 18.6 Å². The summed E-state index contributed by atoms with van der Waals surface area (Å²) < 4.78 is 32.8. The molecule has 0 rings (SSSR count). The number of rotatable bonds is 45. The first-order valence-electron chi connectivity index (χ1n) is 23.5. The Morgan fingerprint density at radius 3 is 1.11 bits per heavy atom. The van der Waals surface area contributed by atoms with Gasteiger partial charge >= 0.3 is 19.8 Å². The molecule has 0 saturated heterocycles. The summed E-state index contributed by atoms with van der Waals surface area (Å²) in [4.78, 5) is 35.0. The van der Waals surface area contributed by atoms with Gasteiger partial charge in [-0.05, 0) is 12.8 Å². The number of hydrogen-bond acceptors (Lipinski definition) is 9. The van der Waals surface area contributed by atoms with E-state index in [4.69, 9.17) is 23.6 Å². The minimum Gasteiger partial charge on any atom is -0.462 e. The number of carbonyl (C=O) groups is 2. The van der Waals surface area contributed by atoms with E-state index in [9.17, 15) is 24.2 Å². The van der Waals surface area contributed by atoms with Crippen molar-refractivity contribution < 1.29 is 47.8 Å². The Hall–Kier alpha value is -1.03. The summed E-state index contributed by atoms with van der Waals surface area (Å²) in [5.74, 6) is -0.908. The van der Waals surface area contributed by atoms with Crippen molar-refractivity contribution in [3.05, 3.63) is 0 Å². The van der Waals surface area contributed by atoms with Gasteiger partial charge in [-0.2, -0.15) is 0 Å². The van der Waals surface area contributed by atoms with Crippen LogP contribution in [-0.4, -0.2) is 65.7 Å². The zero-order chi connectivity index (χ0) is 41.2. The second-order valence-corrected chi connectivity index (χ2v) is 17.6. The zero-order valence-corrected chi connectivity index (χ0v) is 37.3. The SMILES string of the molecule is CCCCCCCCCCCCCCCCCCCCCCCC(=O)O[C@H](COC(=O)CCCCCCCCCCCCCC)COP(=O)(O)OC[C@@H](O)CO. The van der Waals surface area contributed by atoms with Gasteiger partial charge in [0.1, 0.15) is 12.7 Å². The Morgan fingerprint density at radius 1 is 0.464 bits per heavy atom. The Kier molecular flexibility index (Phi) is 41.3. The summed E-state index contributed by atoms with van der Waals surface area (Å²) in [7, 11) is -4.61. The van der Waals surface area contributed by atoms with Gasteiger partial charge in [-0.15, -0.1) is 0 Å². The van der Waals surface area contributed by atoms with E-state index in [1.807, 2.05) is 0 Å². The maximum absolute atomic E-state index is 12.6. The first-order chi connectivity index (χ1) is 27.2. The molecular weight excluding hydrogens is 731 g/mol. The third kappa shape index (κ3) is 41.1. The number of hydrogen-bond donors (Lipinski definition) is 3. The number of aliphatic hydroxyl groups is 2. The minimum atomic E-state index is -4.61. The fourth-order valence-electron chi connectivity index (χ4n) is 6.88. The van der Waals surface area contributed by atoms with Crippen LogP contribution in [0.3, 0.4) is 0 Å². The summed E-state index contributed by atoms with van der Waals surface area (Å²) >= 11 is 0. The van der Waals surface area contributed by atoms with Crippen LogP contribution in [0, 0.1) is 0 Å². The molecule has 0 bridgehead atoms. The maximum Gasteiger partial charge on any atom is 0.472 e. The molecular formula is C45H89O10P. The van der Waals surface area contributed by atoms with Crippen molar-refractivity contribution in [3.63, 3.8) is 0 Å². The van der Waals surface area contributed by atoms with Crippen molar-refractivity contribution in [2.75, 3.05) is 26.4 Å². The largest absolute Gasteiger partial charge is 0.472 e. The van der Waals surface area contributed by atoms with Gasteiger partial charge in [-0.25, -0.2) is 4.57 Å². The molecule has 10 nitrogen and oxygen atoms in total. The second-order valence-electron chi connectivity index (χ2n) is 16.2. The quantitative estimate of drug-likeness (QED) is 0.0308. The molecule has 0 spiro atoms. The van der Waals surface area contributed by atoms with E-state index < -0.39 is 51.8 Å². The second kappa shape index (κ2) is 42.1. The molecule has 0 aromatic rings. The number of aliphatic hydroxyl groups excluding tert-OH is 2. The highest BCUT2D eigenvalue weighted by Crippen LogP contribution is 2.43. The lowest BCUT2D eigenvalue weighted by Crippen LogP contribution is -2.29. The van der Waals surface area contributed by atoms with Crippen LogP contribution < -0.4 is 0 Å². The van der Waals surface area contributed by atoms with Crippen LogP contribution in [-0.2, 0) is 32.7 Å². The number of phosphoric acid groups is 1. The lowest BCUT2D eigenvalue weighted by Gasteiger charge is -2.20. The summed E-state index contributed by atoms with van der Waals surface area (Å²) in [6.45, 7) is 2.42. The van der Waals surface area contributed by atoms with Crippen LogP contribution >= 0.6 is 7.82 Å². The molecule has 0 aliphatic rings. The van der Waals surface area contributed by atoms with Crippen molar-refractivity contribution in [2.24, 2.45) is 0 Å². The molecule has 3 atom stereocenters. The summed E-state index contributed by atoms with van der Waals surface area (Å²) in [6.07, 6.45) is 39.3. The lowest BCUT2D eigenvalue weighted by atomic mass is 10.0. The first kappa shape index (κ1) is 55.0. The normalized spacial score (nSPS) is 13.7. The molecule has 1 unspecified atom stereocenters. The van der Waals surface area contributed by atoms with Crippen molar-refractivity contribution >= 4 is 19.8 Å². The Bertz CT molecular complexity index is 904. The van der Waals surface area contributed by atoms with Gasteiger partial charge in [0.2, 0.25) is 0 Å². The summed E-state index contributed by atoms with van der Waals surface area (Å²) in [5, 5.41) is 18.3. The zero-order valence-electron chi connectivity index (χ0n) is 36.4. The van der Waals surface area contributed by atoms with Crippen LogP contribution in [0.5, 0.6) is 0 Å². The minimum absolute atomic E-state index is 0.193. The van der Waals surface area contributed by atoms with E-state index in [0.717, 1.165) is 38.5 Å². The lowest BCUT2D eigenvalue weighted by molar-refractivity contribution is -0.161. The van der Waals surface area contributed by atoms with E-state index >= 15 is 0 Å². The molecule has 0 radical (unpaired) electrons. The van der Waals surface area contributed by atoms with Crippen molar-refractivity contribution in [1.29, 1.82) is 0 Å². The van der Waals surface area contributed by atoms with E-state index in [1.54, 1.807) is 0 Å². The van der Waals surface area contributed by atoms with Gasteiger partial charge in [0.25, 0.3) is 0 Å². The number of esters is 2. The summed E-state index contributed by atoms with van der Waals surface area (Å²) in [5.41, 5.74) is 0. The van der Waals surface area contributed by atoms with Crippen LogP contribution in [0.15, 0.2) is 0 Å². The number of phosphoric ester groups is 1. The third-order valence-electron chi connectivity index (χ3n) is 10.5. The van der Waals surface area contributed by atoms with Gasteiger partial charge in [0.05, 0.1) is 19.8 Å². The highest BCUT2D eigenvalue weighted by Gasteiger charge is 2.27. The van der Waals surface area contributed by atoms with Gasteiger partial charge < -0.3 is 24.6 Å². The summed E-state index contributed by atoms with van der Waals surface area (Å²) in [6, 6.07) is 0. The fraction of sp³-hybridized carbons (Fsp3) is 0.956. The smallest absolute Gasteiger partial charge is 0.462 e. The molecule has 0 aliphatic heterocycles. The van der Waals surface area contributed by atoms with Gasteiger partial charge in [-0.1, -0.05) is 213 Å². The predicted molar refractivity (Wildman–Crippen MR) is 229 cm³/mol. The molecule has 0 saturated carbocycles. The van der Waals surface area contributed by atoms with E-state index in [1.165, 1.54) is 161 Å². The number of carbonyl (C=O) groups excluding carboxylic acids is 2. The molecule has 0 aromatic heterocycles. The predicted octanol–water partition coefficient (Wildman–Crippen LogP) is 12.6. The first-order valence-corrected chi connectivity index (χ1v) is 25.0. The topological polar surface area (TPSA) is 149 Å². The Morgan fingerprint density at radius 2 is 0.768 bits per heavy atom. The molecule has 0 aliphatic carbocycles. The Balaban J connectivity index is 4.14. The van der Waals surface area contributed by atoms with E-state index in [0.29, 0.717) is 12.8 Å². The average molecular weight is 821 g/mol. The maximum atomic E-state index is 12.6. The van der Waals surface area contributed by atoms with Gasteiger partial charge in [0, 0.05) is 12.8 Å². The van der Waals surface area contributed by atoms with E-state index in [-0.39, 0.29) is 19.4 Å². The molecule has 11 heteroatoms. The fourth-order valence-corrected chi connectivity index (χ4v) is 7.67. The third-order valence-corrected chi connectivity index (χ3v) is 11.5. The van der Waals surface area contributed by atoms with E-state index in [2.05, 4.69) is 13.8 Å². The molecule has 0 fully saturated rings. The van der Waals surface area contributed by atoms with Crippen LogP contribution in [0.1, 0.15) is 239 Å². The standard InChI is InChI=1S/C45H89O10P/c1-3-5-7-9-11-13-15-17-18-19-20-21-22-23-24-25-27-29-31-33-35-37-45(49)55-43(41-54-56(50,51)53-39-42(47)38-46)40-52-44(48)36-34-32-30-28-26-16-14-12-10-8-6-4-2/h42-43,46-47H,3-41H2,1-2H3,(H,50,51)/t42-,43+/m0/s1. The van der Waals surface area contributed by atoms with Crippen LogP contribution in [0.4, 0.5) is 0 Å². The highest BCUT2D eigenvalue weighted by molar-refractivity contribution is 7.47. The molecule has 334 valence electrons.